The summed E-state index contributed by atoms with van der Waals surface area (Å²) in [6.45, 7) is 5.38. The molecule has 2 saturated carbocycles. The van der Waals surface area contributed by atoms with E-state index in [4.69, 9.17) is 5.73 Å². The Balaban J connectivity index is 1.59. The van der Waals surface area contributed by atoms with Gasteiger partial charge >= 0.3 is 0 Å². The van der Waals surface area contributed by atoms with Gasteiger partial charge in [0.05, 0.1) is 0 Å². The quantitative estimate of drug-likeness (QED) is 0.218. The van der Waals surface area contributed by atoms with Gasteiger partial charge in [-0.1, -0.05) is 44.9 Å². The number of rotatable bonds is 17. The van der Waals surface area contributed by atoms with E-state index in [0.717, 1.165) is 90.5 Å². The largest absolute Gasteiger partial charge is 0.354 e. The van der Waals surface area contributed by atoms with Crippen LogP contribution in [0.5, 0.6) is 0 Å². The van der Waals surface area contributed by atoms with Crippen LogP contribution in [0.25, 0.3) is 0 Å². The third-order valence-corrected chi connectivity index (χ3v) is 7.00. The van der Waals surface area contributed by atoms with Gasteiger partial charge in [0.1, 0.15) is 6.04 Å². The second-order valence-corrected chi connectivity index (χ2v) is 9.78. The maximum atomic E-state index is 12.9. The highest BCUT2D eigenvalue weighted by Crippen LogP contribution is 2.28. The van der Waals surface area contributed by atoms with Gasteiger partial charge in [-0.2, -0.15) is 0 Å². The Morgan fingerprint density at radius 2 is 1.34 bits per heavy atom. The molecule has 0 aromatic heterocycles. The van der Waals surface area contributed by atoms with Crippen LogP contribution in [0.15, 0.2) is 0 Å². The Bertz CT molecular complexity index is 505. The minimum atomic E-state index is -0.370. The highest BCUT2D eigenvalue weighted by Gasteiger charge is 2.29. The molecule has 0 spiro atoms. The zero-order valence-corrected chi connectivity index (χ0v) is 20.3. The molecule has 0 unspecified atom stereocenters. The summed E-state index contributed by atoms with van der Waals surface area (Å²) in [7, 11) is 0. The van der Waals surface area contributed by atoms with E-state index in [1.807, 2.05) is 0 Å². The Hall–Kier alpha value is -1.18. The molecule has 6 N–H and O–H groups in total. The highest BCUT2D eigenvalue weighted by atomic mass is 16.2. The number of hydrogen-bond donors (Lipinski definition) is 5. The predicted molar refractivity (Wildman–Crippen MR) is 131 cm³/mol. The highest BCUT2D eigenvalue weighted by molar-refractivity contribution is 5.88. The molecular weight excluding hydrogens is 402 g/mol. The number of unbranched alkanes of at least 4 members (excludes halogenated alkanes) is 1. The molecule has 2 amide bonds. The van der Waals surface area contributed by atoms with Gasteiger partial charge in [0.25, 0.3) is 0 Å². The average Bonchev–Trinajstić information content (AvgIpc) is 3.35. The SMILES string of the molecule is NCCCNCCCCNCCCNC(=O)[C@H](CC1CCCCC1)NC(=O)C1CCCC1. The van der Waals surface area contributed by atoms with Crippen molar-refractivity contribution in [3.05, 3.63) is 0 Å². The van der Waals surface area contributed by atoms with Gasteiger partial charge in [0, 0.05) is 12.5 Å². The van der Waals surface area contributed by atoms with E-state index >= 15 is 0 Å². The standard InChI is InChI=1S/C25H49N5O2/c26-14-8-17-27-15-6-7-16-28-18-9-19-29-25(32)23(20-21-10-2-1-3-11-21)30-24(31)22-12-4-5-13-22/h21-23,27-28H,1-20,26H2,(H,29,32)(H,30,31)/t23-/m0/s1. The predicted octanol–water partition coefficient (Wildman–Crippen LogP) is 2.45. The summed E-state index contributed by atoms with van der Waals surface area (Å²) in [5.41, 5.74) is 5.48. The normalized spacial score (nSPS) is 18.5. The third kappa shape index (κ3) is 11.6. The second-order valence-electron chi connectivity index (χ2n) is 9.78. The van der Waals surface area contributed by atoms with E-state index in [1.165, 1.54) is 32.1 Å². The van der Waals surface area contributed by atoms with Crippen LogP contribution in [0.3, 0.4) is 0 Å². The number of hydrogen-bond acceptors (Lipinski definition) is 5. The van der Waals surface area contributed by atoms with E-state index < -0.39 is 0 Å². The first kappa shape index (κ1) is 27.1. The fraction of sp³-hybridized carbons (Fsp3) is 0.920. The monoisotopic (exact) mass is 451 g/mol. The zero-order chi connectivity index (χ0) is 22.9. The molecule has 0 aliphatic heterocycles. The average molecular weight is 452 g/mol. The molecule has 2 aliphatic carbocycles. The topological polar surface area (TPSA) is 108 Å². The Morgan fingerprint density at radius 1 is 0.750 bits per heavy atom. The lowest BCUT2D eigenvalue weighted by Crippen LogP contribution is -2.49. The van der Waals surface area contributed by atoms with Crippen molar-refractivity contribution < 1.29 is 9.59 Å². The van der Waals surface area contributed by atoms with Gasteiger partial charge in [0.2, 0.25) is 11.8 Å². The molecule has 0 saturated heterocycles. The Kier molecular flexibility index (Phi) is 14.6. The van der Waals surface area contributed by atoms with Gasteiger partial charge in [-0.3, -0.25) is 9.59 Å². The summed E-state index contributed by atoms with van der Waals surface area (Å²) >= 11 is 0. The van der Waals surface area contributed by atoms with Crippen molar-refractivity contribution in [3.63, 3.8) is 0 Å². The lowest BCUT2D eigenvalue weighted by molar-refractivity contribution is -0.131. The Labute approximate surface area is 195 Å². The van der Waals surface area contributed by atoms with Gasteiger partial charge < -0.3 is 27.0 Å². The third-order valence-electron chi connectivity index (χ3n) is 7.00. The molecule has 0 radical (unpaired) electrons. The summed E-state index contributed by atoms with van der Waals surface area (Å²) in [5, 5.41) is 13.1. The molecule has 0 aromatic rings. The van der Waals surface area contributed by atoms with Crippen molar-refractivity contribution in [3.8, 4) is 0 Å². The van der Waals surface area contributed by atoms with Crippen molar-refractivity contribution in [2.75, 3.05) is 39.3 Å². The van der Waals surface area contributed by atoms with E-state index in [0.29, 0.717) is 12.5 Å². The van der Waals surface area contributed by atoms with Crippen LogP contribution < -0.4 is 27.0 Å². The Morgan fingerprint density at radius 3 is 2.00 bits per heavy atom. The van der Waals surface area contributed by atoms with Crippen molar-refractivity contribution in [1.29, 1.82) is 0 Å². The van der Waals surface area contributed by atoms with Crippen molar-refractivity contribution in [1.82, 2.24) is 21.3 Å². The summed E-state index contributed by atoms with van der Waals surface area (Å²) in [4.78, 5) is 25.6. The van der Waals surface area contributed by atoms with Gasteiger partial charge in [0.15, 0.2) is 0 Å². The smallest absolute Gasteiger partial charge is 0.242 e. The molecule has 186 valence electrons. The first-order chi connectivity index (χ1) is 15.7. The van der Waals surface area contributed by atoms with Crippen molar-refractivity contribution in [2.45, 2.75) is 95.9 Å². The number of nitrogens with one attached hydrogen (secondary N) is 4. The maximum Gasteiger partial charge on any atom is 0.242 e. The molecular formula is C25H49N5O2. The van der Waals surface area contributed by atoms with E-state index in [-0.39, 0.29) is 23.8 Å². The molecule has 2 fully saturated rings. The second kappa shape index (κ2) is 17.3. The molecule has 0 aromatic carbocycles. The summed E-state index contributed by atoms with van der Waals surface area (Å²) in [6, 6.07) is -0.370. The molecule has 1 atom stereocenters. The van der Waals surface area contributed by atoms with Crippen LogP contribution >= 0.6 is 0 Å². The fourth-order valence-electron chi connectivity index (χ4n) is 4.99. The zero-order valence-electron chi connectivity index (χ0n) is 20.3. The number of carbonyl (C=O) groups is 2. The first-order valence-electron chi connectivity index (χ1n) is 13.4. The van der Waals surface area contributed by atoms with E-state index in [9.17, 15) is 9.59 Å². The summed E-state index contributed by atoms with van der Waals surface area (Å²) < 4.78 is 0. The lowest BCUT2D eigenvalue weighted by Gasteiger charge is -2.27. The maximum absolute atomic E-state index is 12.9. The fourth-order valence-corrected chi connectivity index (χ4v) is 4.99. The number of nitrogens with two attached hydrogens (primary N) is 1. The minimum Gasteiger partial charge on any atom is -0.354 e. The number of carbonyl (C=O) groups excluding carboxylic acids is 2. The molecule has 0 bridgehead atoms. The molecule has 2 aliphatic rings. The van der Waals surface area contributed by atoms with Crippen LogP contribution in [0.1, 0.15) is 89.9 Å². The summed E-state index contributed by atoms with van der Waals surface area (Å²) in [6.07, 6.45) is 15.5. The van der Waals surface area contributed by atoms with Crippen LogP contribution in [0, 0.1) is 11.8 Å². The first-order valence-corrected chi connectivity index (χ1v) is 13.4. The lowest BCUT2D eigenvalue weighted by atomic mass is 9.84. The van der Waals surface area contributed by atoms with Gasteiger partial charge in [-0.05, 0) is 83.6 Å². The van der Waals surface area contributed by atoms with Crippen molar-refractivity contribution >= 4 is 11.8 Å². The van der Waals surface area contributed by atoms with Crippen LogP contribution in [0.4, 0.5) is 0 Å². The van der Waals surface area contributed by atoms with E-state index in [1.54, 1.807) is 0 Å². The molecule has 7 nitrogen and oxygen atoms in total. The van der Waals surface area contributed by atoms with Crippen LogP contribution in [-0.2, 0) is 9.59 Å². The van der Waals surface area contributed by atoms with Crippen LogP contribution in [-0.4, -0.2) is 57.1 Å². The van der Waals surface area contributed by atoms with Gasteiger partial charge in [-0.25, -0.2) is 0 Å². The molecule has 7 heteroatoms. The van der Waals surface area contributed by atoms with E-state index in [2.05, 4.69) is 21.3 Å². The molecule has 2 rings (SSSR count). The summed E-state index contributed by atoms with van der Waals surface area (Å²) in [5.74, 6) is 0.773. The van der Waals surface area contributed by atoms with Crippen LogP contribution in [0.2, 0.25) is 0 Å². The molecule has 0 heterocycles. The van der Waals surface area contributed by atoms with Crippen molar-refractivity contribution in [2.24, 2.45) is 17.6 Å². The van der Waals surface area contributed by atoms with Gasteiger partial charge in [-0.15, -0.1) is 0 Å². The number of amides is 2. The minimum absolute atomic E-state index is 0.00507. The molecule has 32 heavy (non-hydrogen) atoms.